The fourth-order valence-electron chi connectivity index (χ4n) is 3.61. The Hall–Kier alpha value is -0.960. The van der Waals surface area contributed by atoms with Crippen LogP contribution >= 0.6 is 0 Å². The quantitative estimate of drug-likeness (QED) is 0.469. The Morgan fingerprint density at radius 2 is 1.85 bits per heavy atom. The van der Waals surface area contributed by atoms with Crippen molar-refractivity contribution in [3.63, 3.8) is 0 Å². The van der Waals surface area contributed by atoms with Crippen molar-refractivity contribution in [3.8, 4) is 0 Å². The van der Waals surface area contributed by atoms with E-state index < -0.39 is 16.3 Å². The van der Waals surface area contributed by atoms with Crippen LogP contribution in [0.5, 0.6) is 0 Å². The van der Waals surface area contributed by atoms with Crippen LogP contribution in [0.3, 0.4) is 0 Å². The van der Waals surface area contributed by atoms with Crippen molar-refractivity contribution in [1.29, 1.82) is 0 Å². The number of hydrogen-bond donors (Lipinski definition) is 0. The topological polar surface area (TPSA) is 70.2 Å². The highest BCUT2D eigenvalue weighted by Crippen LogP contribution is 2.25. The SMILES string of the molecule is C=CCCOC(C)C(=O)N1CCN(S(=O)(=O)N(C)C2CCCCC2)CC1. The van der Waals surface area contributed by atoms with Gasteiger partial charge in [0.25, 0.3) is 16.1 Å². The molecule has 2 aliphatic rings. The summed E-state index contributed by atoms with van der Waals surface area (Å²) in [7, 11) is -1.77. The maximum Gasteiger partial charge on any atom is 0.282 e. The Morgan fingerprint density at radius 1 is 1.23 bits per heavy atom. The van der Waals surface area contributed by atoms with Crippen LogP contribution in [0.4, 0.5) is 0 Å². The lowest BCUT2D eigenvalue weighted by Crippen LogP contribution is -2.56. The molecule has 1 aliphatic carbocycles. The highest BCUT2D eigenvalue weighted by Gasteiger charge is 2.35. The second-order valence-electron chi connectivity index (χ2n) is 7.13. The molecular formula is C18H33N3O4S. The Kier molecular flexibility index (Phi) is 8.06. The summed E-state index contributed by atoms with van der Waals surface area (Å²) < 4.78 is 34.3. The van der Waals surface area contributed by atoms with Gasteiger partial charge in [-0.2, -0.15) is 17.0 Å². The van der Waals surface area contributed by atoms with E-state index in [0.717, 1.165) is 25.7 Å². The Balaban J connectivity index is 1.86. The third kappa shape index (κ3) is 5.28. The van der Waals surface area contributed by atoms with Gasteiger partial charge >= 0.3 is 0 Å². The minimum atomic E-state index is -3.46. The monoisotopic (exact) mass is 387 g/mol. The molecule has 0 spiro atoms. The maximum absolute atomic E-state index is 12.9. The fraction of sp³-hybridized carbons (Fsp3) is 0.833. The maximum atomic E-state index is 12.9. The first-order chi connectivity index (χ1) is 12.4. The molecule has 1 atom stereocenters. The van der Waals surface area contributed by atoms with Crippen LogP contribution in [-0.2, 0) is 19.7 Å². The van der Waals surface area contributed by atoms with Gasteiger partial charge < -0.3 is 9.64 Å². The molecule has 1 heterocycles. The molecule has 1 saturated heterocycles. The van der Waals surface area contributed by atoms with Crippen LogP contribution in [-0.4, -0.2) is 79.8 Å². The predicted octanol–water partition coefficient (Wildman–Crippen LogP) is 1.62. The first kappa shape index (κ1) is 21.3. The van der Waals surface area contributed by atoms with E-state index in [1.807, 2.05) is 0 Å². The van der Waals surface area contributed by atoms with Crippen molar-refractivity contribution in [2.24, 2.45) is 0 Å². The van der Waals surface area contributed by atoms with Gasteiger partial charge in [-0.15, -0.1) is 6.58 Å². The zero-order chi connectivity index (χ0) is 19.2. The number of ether oxygens (including phenoxy) is 1. The van der Waals surface area contributed by atoms with E-state index in [9.17, 15) is 13.2 Å². The molecule has 1 amide bonds. The lowest BCUT2D eigenvalue weighted by Gasteiger charge is -2.39. The Labute approximate surface area is 158 Å². The third-order valence-electron chi connectivity index (χ3n) is 5.37. The summed E-state index contributed by atoms with van der Waals surface area (Å²) in [6.45, 7) is 7.33. The number of amides is 1. The van der Waals surface area contributed by atoms with Crippen molar-refractivity contribution < 1.29 is 17.9 Å². The average molecular weight is 388 g/mol. The van der Waals surface area contributed by atoms with E-state index in [1.54, 1.807) is 29.3 Å². The van der Waals surface area contributed by atoms with Crippen molar-refractivity contribution >= 4 is 16.1 Å². The molecule has 0 aromatic rings. The smallest absolute Gasteiger partial charge is 0.282 e. The first-order valence-electron chi connectivity index (χ1n) is 9.62. The van der Waals surface area contributed by atoms with Crippen molar-refractivity contribution in [3.05, 3.63) is 12.7 Å². The molecule has 7 nitrogen and oxygen atoms in total. The second kappa shape index (κ2) is 9.82. The number of rotatable bonds is 8. The van der Waals surface area contributed by atoms with E-state index in [1.165, 1.54) is 10.7 Å². The molecule has 0 aromatic heterocycles. The largest absolute Gasteiger partial charge is 0.368 e. The van der Waals surface area contributed by atoms with Crippen LogP contribution in [0.2, 0.25) is 0 Å². The van der Waals surface area contributed by atoms with Gasteiger partial charge in [0.2, 0.25) is 0 Å². The Morgan fingerprint density at radius 3 is 2.42 bits per heavy atom. The first-order valence-corrected chi connectivity index (χ1v) is 11.0. The zero-order valence-corrected chi connectivity index (χ0v) is 16.9. The van der Waals surface area contributed by atoms with Crippen LogP contribution in [0, 0.1) is 0 Å². The summed E-state index contributed by atoms with van der Waals surface area (Å²) >= 11 is 0. The van der Waals surface area contributed by atoms with E-state index in [2.05, 4.69) is 6.58 Å². The zero-order valence-electron chi connectivity index (χ0n) is 16.1. The van der Waals surface area contributed by atoms with Gasteiger partial charge in [-0.25, -0.2) is 0 Å². The molecular weight excluding hydrogens is 354 g/mol. The summed E-state index contributed by atoms with van der Waals surface area (Å²) in [4.78, 5) is 14.1. The summed E-state index contributed by atoms with van der Waals surface area (Å²) in [5, 5.41) is 0. The van der Waals surface area contributed by atoms with Gasteiger partial charge in [0.05, 0.1) is 6.61 Å². The molecule has 2 fully saturated rings. The highest BCUT2D eigenvalue weighted by atomic mass is 32.2. The van der Waals surface area contributed by atoms with Gasteiger partial charge in [-0.05, 0) is 26.2 Å². The van der Waals surface area contributed by atoms with E-state index >= 15 is 0 Å². The molecule has 2 rings (SSSR count). The van der Waals surface area contributed by atoms with E-state index in [0.29, 0.717) is 39.2 Å². The molecule has 0 N–H and O–H groups in total. The van der Waals surface area contributed by atoms with Gasteiger partial charge in [0, 0.05) is 39.3 Å². The molecule has 26 heavy (non-hydrogen) atoms. The molecule has 1 unspecified atom stereocenters. The van der Waals surface area contributed by atoms with Gasteiger partial charge in [-0.3, -0.25) is 4.79 Å². The summed E-state index contributed by atoms with van der Waals surface area (Å²) in [6.07, 6.45) is 7.20. The Bertz CT molecular complexity index is 567. The molecule has 0 aromatic carbocycles. The fourth-order valence-corrected chi connectivity index (χ4v) is 5.19. The van der Waals surface area contributed by atoms with Crippen LogP contribution in [0.1, 0.15) is 45.4 Å². The van der Waals surface area contributed by atoms with E-state index in [4.69, 9.17) is 4.74 Å². The standard InChI is InChI=1S/C18H33N3O4S/c1-4-5-15-25-16(2)18(22)20-11-13-21(14-12-20)26(23,24)19(3)17-9-7-6-8-10-17/h4,16-17H,1,5-15H2,2-3H3. The van der Waals surface area contributed by atoms with Gasteiger partial charge in [-0.1, -0.05) is 25.3 Å². The van der Waals surface area contributed by atoms with Crippen molar-refractivity contribution in [2.75, 3.05) is 39.8 Å². The number of hydrogen-bond acceptors (Lipinski definition) is 4. The third-order valence-corrected chi connectivity index (χ3v) is 7.41. The van der Waals surface area contributed by atoms with E-state index in [-0.39, 0.29) is 11.9 Å². The number of piperazine rings is 1. The van der Waals surface area contributed by atoms with Crippen molar-refractivity contribution in [2.45, 2.75) is 57.6 Å². The number of nitrogens with zero attached hydrogens (tertiary/aromatic N) is 3. The lowest BCUT2D eigenvalue weighted by atomic mass is 9.96. The average Bonchev–Trinajstić information content (AvgIpc) is 2.67. The predicted molar refractivity (Wildman–Crippen MR) is 102 cm³/mol. The van der Waals surface area contributed by atoms with Crippen LogP contribution in [0.15, 0.2) is 12.7 Å². The van der Waals surface area contributed by atoms with Crippen LogP contribution in [0.25, 0.3) is 0 Å². The molecule has 0 radical (unpaired) electrons. The molecule has 8 heteroatoms. The molecule has 0 bridgehead atoms. The summed E-state index contributed by atoms with van der Waals surface area (Å²) in [5.41, 5.74) is 0. The summed E-state index contributed by atoms with van der Waals surface area (Å²) in [6, 6.07) is 0.103. The summed E-state index contributed by atoms with van der Waals surface area (Å²) in [5.74, 6) is -0.0771. The normalized spacial score (nSPS) is 21.7. The lowest BCUT2D eigenvalue weighted by molar-refractivity contribution is -0.143. The highest BCUT2D eigenvalue weighted by molar-refractivity contribution is 7.86. The number of carbonyl (C=O) groups is 1. The van der Waals surface area contributed by atoms with Crippen LogP contribution < -0.4 is 0 Å². The molecule has 150 valence electrons. The molecule has 1 saturated carbocycles. The minimum Gasteiger partial charge on any atom is -0.368 e. The second-order valence-corrected chi connectivity index (χ2v) is 9.12. The molecule has 1 aliphatic heterocycles. The van der Waals surface area contributed by atoms with Crippen molar-refractivity contribution in [1.82, 2.24) is 13.5 Å². The van der Waals surface area contributed by atoms with Gasteiger partial charge in [0.1, 0.15) is 6.10 Å². The van der Waals surface area contributed by atoms with Gasteiger partial charge in [0.15, 0.2) is 0 Å². The number of carbonyl (C=O) groups excluding carboxylic acids is 1. The minimum absolute atomic E-state index is 0.0771.